The van der Waals surface area contributed by atoms with Crippen molar-refractivity contribution >= 4 is 28.9 Å². The molecular formula is C16H16ClNO5S. The van der Waals surface area contributed by atoms with Crippen LogP contribution in [0.3, 0.4) is 0 Å². The SMILES string of the molecule is Cc1csc(=O)n1CCC(=O)OCc1cc(Cl)cc2c1OCOC2. The van der Waals surface area contributed by atoms with Gasteiger partial charge >= 0.3 is 10.8 Å². The van der Waals surface area contributed by atoms with Crippen LogP contribution in [0.2, 0.25) is 5.02 Å². The van der Waals surface area contributed by atoms with Crippen LogP contribution in [0.4, 0.5) is 0 Å². The van der Waals surface area contributed by atoms with Gasteiger partial charge in [-0.3, -0.25) is 9.59 Å². The third kappa shape index (κ3) is 3.80. The molecule has 0 aliphatic carbocycles. The zero-order chi connectivity index (χ0) is 17.1. The summed E-state index contributed by atoms with van der Waals surface area (Å²) in [6.07, 6.45) is 0.129. The first-order valence-electron chi connectivity index (χ1n) is 7.37. The van der Waals surface area contributed by atoms with Gasteiger partial charge in [0.1, 0.15) is 12.4 Å². The molecule has 128 valence electrons. The van der Waals surface area contributed by atoms with E-state index in [1.54, 1.807) is 22.1 Å². The summed E-state index contributed by atoms with van der Waals surface area (Å²) in [5.41, 5.74) is 2.38. The lowest BCUT2D eigenvalue weighted by Gasteiger charge is -2.21. The van der Waals surface area contributed by atoms with Crippen molar-refractivity contribution in [1.82, 2.24) is 4.57 Å². The predicted molar refractivity (Wildman–Crippen MR) is 89.5 cm³/mol. The number of esters is 1. The number of benzene rings is 1. The molecule has 0 N–H and O–H groups in total. The number of carbonyl (C=O) groups excluding carboxylic acids is 1. The number of halogens is 1. The van der Waals surface area contributed by atoms with Crippen LogP contribution >= 0.6 is 22.9 Å². The van der Waals surface area contributed by atoms with E-state index in [4.69, 9.17) is 25.8 Å². The number of thiazole rings is 1. The number of carbonyl (C=O) groups is 1. The molecule has 0 amide bonds. The minimum atomic E-state index is -0.381. The summed E-state index contributed by atoms with van der Waals surface area (Å²) < 4.78 is 17.5. The van der Waals surface area contributed by atoms with Crippen molar-refractivity contribution in [3.05, 3.63) is 49.0 Å². The second-order valence-electron chi connectivity index (χ2n) is 5.37. The molecule has 2 aromatic rings. The monoisotopic (exact) mass is 369 g/mol. The molecule has 0 fully saturated rings. The second-order valence-corrected chi connectivity index (χ2v) is 6.63. The molecule has 0 saturated carbocycles. The Bertz CT molecular complexity index is 813. The van der Waals surface area contributed by atoms with Gasteiger partial charge in [-0.25, -0.2) is 0 Å². The first-order chi connectivity index (χ1) is 11.5. The van der Waals surface area contributed by atoms with E-state index in [-0.39, 0.29) is 30.7 Å². The van der Waals surface area contributed by atoms with Gasteiger partial charge in [0.25, 0.3) is 0 Å². The number of hydrogen-bond acceptors (Lipinski definition) is 6. The summed E-state index contributed by atoms with van der Waals surface area (Å²) in [6, 6.07) is 3.49. The summed E-state index contributed by atoms with van der Waals surface area (Å²) in [6.45, 7) is 2.79. The molecule has 0 bridgehead atoms. The predicted octanol–water partition coefficient (Wildman–Crippen LogP) is 2.87. The molecule has 0 unspecified atom stereocenters. The molecule has 2 heterocycles. The van der Waals surface area contributed by atoms with Gasteiger partial charge in [-0.1, -0.05) is 22.9 Å². The van der Waals surface area contributed by atoms with Gasteiger partial charge in [0.05, 0.1) is 13.0 Å². The van der Waals surface area contributed by atoms with Crippen molar-refractivity contribution < 1.29 is 19.0 Å². The van der Waals surface area contributed by atoms with Gasteiger partial charge in [0, 0.05) is 33.8 Å². The fourth-order valence-corrected chi connectivity index (χ4v) is 3.50. The van der Waals surface area contributed by atoms with Crippen LogP contribution in [0.5, 0.6) is 5.75 Å². The van der Waals surface area contributed by atoms with E-state index in [0.717, 1.165) is 22.6 Å². The van der Waals surface area contributed by atoms with Crippen LogP contribution in [0, 0.1) is 6.92 Å². The van der Waals surface area contributed by atoms with Crippen LogP contribution in [0.25, 0.3) is 0 Å². The molecule has 0 radical (unpaired) electrons. The molecule has 1 aliphatic rings. The van der Waals surface area contributed by atoms with E-state index < -0.39 is 0 Å². The van der Waals surface area contributed by atoms with Crippen LogP contribution in [-0.2, 0) is 34.0 Å². The highest BCUT2D eigenvalue weighted by atomic mass is 35.5. The molecule has 0 spiro atoms. The molecule has 6 nitrogen and oxygen atoms in total. The van der Waals surface area contributed by atoms with Crippen molar-refractivity contribution in [2.45, 2.75) is 33.1 Å². The zero-order valence-electron chi connectivity index (χ0n) is 13.0. The van der Waals surface area contributed by atoms with Crippen LogP contribution in [-0.4, -0.2) is 17.3 Å². The number of nitrogens with zero attached hydrogens (tertiary/aromatic N) is 1. The summed E-state index contributed by atoms with van der Waals surface area (Å²) in [5.74, 6) is 0.275. The van der Waals surface area contributed by atoms with E-state index in [1.807, 2.05) is 6.92 Å². The minimum absolute atomic E-state index is 0.0687. The number of hydrogen-bond donors (Lipinski definition) is 0. The van der Waals surface area contributed by atoms with Crippen molar-refractivity contribution in [2.75, 3.05) is 6.79 Å². The summed E-state index contributed by atoms with van der Waals surface area (Å²) in [5, 5.41) is 2.31. The molecule has 1 aliphatic heterocycles. The van der Waals surface area contributed by atoms with Gasteiger partial charge in [-0.2, -0.15) is 0 Å². The largest absolute Gasteiger partial charge is 0.467 e. The molecule has 1 aromatic carbocycles. The van der Waals surface area contributed by atoms with E-state index >= 15 is 0 Å². The fraction of sp³-hybridized carbons (Fsp3) is 0.375. The number of rotatable bonds is 5. The van der Waals surface area contributed by atoms with Gasteiger partial charge in [0.15, 0.2) is 6.79 Å². The molecule has 3 rings (SSSR count). The molecular weight excluding hydrogens is 354 g/mol. The Hall–Kier alpha value is -1.83. The van der Waals surface area contributed by atoms with E-state index in [0.29, 0.717) is 29.5 Å². The third-order valence-corrected chi connectivity index (χ3v) is 4.76. The van der Waals surface area contributed by atoms with Crippen LogP contribution in [0.15, 0.2) is 22.3 Å². The average Bonchev–Trinajstić information content (AvgIpc) is 2.89. The highest BCUT2D eigenvalue weighted by molar-refractivity contribution is 7.07. The lowest BCUT2D eigenvalue weighted by atomic mass is 10.1. The Balaban J connectivity index is 1.61. The van der Waals surface area contributed by atoms with Gasteiger partial charge < -0.3 is 18.8 Å². The summed E-state index contributed by atoms with van der Waals surface area (Å²) in [4.78, 5) is 23.5. The molecule has 24 heavy (non-hydrogen) atoms. The smallest absolute Gasteiger partial charge is 0.307 e. The molecule has 8 heteroatoms. The summed E-state index contributed by atoms with van der Waals surface area (Å²) >= 11 is 7.19. The van der Waals surface area contributed by atoms with Crippen molar-refractivity contribution in [3.63, 3.8) is 0 Å². The highest BCUT2D eigenvalue weighted by Crippen LogP contribution is 2.32. The van der Waals surface area contributed by atoms with Crippen molar-refractivity contribution in [1.29, 1.82) is 0 Å². The zero-order valence-corrected chi connectivity index (χ0v) is 14.6. The number of ether oxygens (including phenoxy) is 3. The Kier molecular flexibility index (Phi) is 5.23. The van der Waals surface area contributed by atoms with E-state index in [2.05, 4.69) is 0 Å². The topological polar surface area (TPSA) is 66.8 Å². The maximum atomic E-state index is 12.0. The second kappa shape index (κ2) is 7.38. The van der Waals surface area contributed by atoms with Crippen molar-refractivity contribution in [3.8, 4) is 5.75 Å². The maximum Gasteiger partial charge on any atom is 0.307 e. The van der Waals surface area contributed by atoms with E-state index in [1.165, 1.54) is 0 Å². The Morgan fingerprint density at radius 1 is 1.46 bits per heavy atom. The Morgan fingerprint density at radius 2 is 2.29 bits per heavy atom. The quantitative estimate of drug-likeness (QED) is 0.758. The number of aryl methyl sites for hydroxylation is 1. The lowest BCUT2D eigenvalue weighted by molar-refractivity contribution is -0.145. The number of aromatic nitrogens is 1. The first kappa shape index (κ1) is 17.0. The summed E-state index contributed by atoms with van der Waals surface area (Å²) in [7, 11) is 0. The first-order valence-corrected chi connectivity index (χ1v) is 8.63. The average molecular weight is 370 g/mol. The number of fused-ring (bicyclic) bond motifs is 1. The standard InChI is InChI=1S/C16H16ClNO5S/c1-10-8-24-16(20)18(10)3-2-14(19)22-7-12-5-13(17)4-11-6-21-9-23-15(11)12/h4-5,8H,2-3,6-7,9H2,1H3. The van der Waals surface area contributed by atoms with Gasteiger partial charge in [0.2, 0.25) is 0 Å². The minimum Gasteiger partial charge on any atom is -0.467 e. The van der Waals surface area contributed by atoms with Crippen LogP contribution < -0.4 is 9.61 Å². The normalized spacial score (nSPS) is 13.2. The van der Waals surface area contributed by atoms with E-state index in [9.17, 15) is 9.59 Å². The molecule has 0 saturated heterocycles. The maximum absolute atomic E-state index is 12.0. The Morgan fingerprint density at radius 3 is 3.04 bits per heavy atom. The van der Waals surface area contributed by atoms with Gasteiger partial charge in [-0.05, 0) is 19.1 Å². The lowest BCUT2D eigenvalue weighted by Crippen LogP contribution is -2.18. The molecule has 0 atom stereocenters. The molecule has 1 aromatic heterocycles. The van der Waals surface area contributed by atoms with Gasteiger partial charge in [-0.15, -0.1) is 0 Å². The highest BCUT2D eigenvalue weighted by Gasteiger charge is 2.17. The Labute approximate surface area is 147 Å². The third-order valence-electron chi connectivity index (χ3n) is 3.66. The van der Waals surface area contributed by atoms with Crippen LogP contribution in [0.1, 0.15) is 23.2 Å². The van der Waals surface area contributed by atoms with Crippen molar-refractivity contribution in [2.24, 2.45) is 0 Å². The fourth-order valence-electron chi connectivity index (χ4n) is 2.47.